The van der Waals surface area contributed by atoms with Gasteiger partial charge in [-0.3, -0.25) is 9.59 Å². The Morgan fingerprint density at radius 3 is 2.44 bits per heavy atom. The second-order valence-corrected chi connectivity index (χ2v) is 11.2. The summed E-state index contributed by atoms with van der Waals surface area (Å²) in [5.74, 6) is 0.743. The lowest BCUT2D eigenvalue weighted by Crippen LogP contribution is -2.48. The fourth-order valence-corrected chi connectivity index (χ4v) is 5.61. The first kappa shape index (κ1) is 27.3. The first-order chi connectivity index (χ1) is 18.8. The van der Waals surface area contributed by atoms with Gasteiger partial charge in [-0.15, -0.1) is 0 Å². The van der Waals surface area contributed by atoms with Gasteiger partial charge in [0.25, 0.3) is 5.91 Å². The van der Waals surface area contributed by atoms with Crippen LogP contribution >= 0.6 is 11.6 Å². The van der Waals surface area contributed by atoms with Crippen LogP contribution < -0.4 is 4.74 Å². The number of hydrogen-bond donors (Lipinski definition) is 0. The summed E-state index contributed by atoms with van der Waals surface area (Å²) in [5.41, 5.74) is 0.863. The quantitative estimate of drug-likeness (QED) is 0.325. The summed E-state index contributed by atoms with van der Waals surface area (Å²) in [6, 6.07) is 15.1. The molecule has 0 saturated carbocycles. The molecule has 2 aromatic carbocycles. The van der Waals surface area contributed by atoms with Gasteiger partial charge in [0.1, 0.15) is 17.3 Å². The highest BCUT2D eigenvalue weighted by atomic mass is 35.5. The number of benzene rings is 2. The van der Waals surface area contributed by atoms with Crippen LogP contribution in [0.5, 0.6) is 5.75 Å². The number of nitrogens with zero attached hydrogens (tertiary/aromatic N) is 2. The molecule has 0 atom stereocenters. The lowest BCUT2D eigenvalue weighted by atomic mass is 9.75. The number of ether oxygens (including phenoxy) is 1. The minimum atomic E-state index is -0.400. The topological polar surface area (TPSA) is 63.0 Å². The van der Waals surface area contributed by atoms with E-state index < -0.39 is 5.82 Å². The number of piperidine rings is 2. The molecule has 0 aliphatic carbocycles. The maximum atomic E-state index is 14.2. The van der Waals surface area contributed by atoms with E-state index in [0.29, 0.717) is 55.3 Å². The Kier molecular flexibility index (Phi) is 8.26. The van der Waals surface area contributed by atoms with Gasteiger partial charge in [-0.25, -0.2) is 4.39 Å². The average molecular weight is 553 g/mol. The van der Waals surface area contributed by atoms with E-state index in [1.54, 1.807) is 35.2 Å². The van der Waals surface area contributed by atoms with Gasteiger partial charge in [-0.05, 0) is 87.1 Å². The molecular weight excluding hydrogens is 519 g/mol. The zero-order chi connectivity index (χ0) is 27.4. The minimum absolute atomic E-state index is 0.158. The number of carbonyl (C=O) groups excluding carboxylic acids is 2. The Bertz CT molecular complexity index is 1330. The fourth-order valence-electron chi connectivity index (χ4n) is 5.49. The van der Waals surface area contributed by atoms with Crippen molar-refractivity contribution in [3.63, 3.8) is 0 Å². The van der Waals surface area contributed by atoms with Crippen molar-refractivity contribution in [2.75, 3.05) is 32.8 Å². The largest absolute Gasteiger partial charge is 0.493 e. The third-order valence-corrected chi connectivity index (χ3v) is 8.40. The molecule has 0 bridgehead atoms. The molecule has 2 fully saturated rings. The van der Waals surface area contributed by atoms with Crippen molar-refractivity contribution in [3.05, 3.63) is 76.8 Å². The summed E-state index contributed by atoms with van der Waals surface area (Å²) in [4.78, 5) is 30.3. The summed E-state index contributed by atoms with van der Waals surface area (Å²) >= 11 is 6.18. The van der Waals surface area contributed by atoms with E-state index in [1.807, 2.05) is 30.0 Å². The van der Waals surface area contributed by atoms with Gasteiger partial charge >= 0.3 is 0 Å². The Morgan fingerprint density at radius 1 is 0.974 bits per heavy atom. The van der Waals surface area contributed by atoms with Crippen LogP contribution in [-0.4, -0.2) is 54.4 Å². The third kappa shape index (κ3) is 6.30. The van der Waals surface area contributed by atoms with Crippen molar-refractivity contribution in [2.45, 2.75) is 45.4 Å². The predicted molar refractivity (Wildman–Crippen MR) is 148 cm³/mol. The maximum Gasteiger partial charge on any atom is 0.289 e. The summed E-state index contributed by atoms with van der Waals surface area (Å²) < 4.78 is 26.2. The van der Waals surface area contributed by atoms with Gasteiger partial charge in [0.15, 0.2) is 5.76 Å². The Labute approximate surface area is 233 Å². The SMILES string of the molecule is Cc1cc(OCC2(CC(=O)N3CCCCC3)CCN(C(=O)c3ccc(-c4ccccc4F)o3)CC2)ccc1Cl. The number of hydrogen-bond acceptors (Lipinski definition) is 4. The van der Waals surface area contributed by atoms with Crippen LogP contribution in [-0.2, 0) is 4.79 Å². The highest BCUT2D eigenvalue weighted by Crippen LogP contribution is 2.38. The number of likely N-dealkylation sites (tertiary alicyclic amines) is 2. The Hall–Kier alpha value is -3.32. The molecule has 2 aliphatic heterocycles. The maximum absolute atomic E-state index is 14.2. The van der Waals surface area contributed by atoms with E-state index in [1.165, 1.54) is 6.07 Å². The minimum Gasteiger partial charge on any atom is -0.493 e. The first-order valence-corrected chi connectivity index (χ1v) is 14.0. The molecule has 0 radical (unpaired) electrons. The van der Waals surface area contributed by atoms with Crippen LogP contribution in [0.4, 0.5) is 4.39 Å². The van der Waals surface area contributed by atoms with E-state index >= 15 is 0 Å². The normalized spacial score (nSPS) is 17.2. The molecule has 5 rings (SSSR count). The van der Waals surface area contributed by atoms with Gasteiger partial charge in [0.05, 0.1) is 12.2 Å². The molecule has 1 aromatic heterocycles. The first-order valence-electron chi connectivity index (χ1n) is 13.6. The second-order valence-electron chi connectivity index (χ2n) is 10.8. The van der Waals surface area contributed by atoms with Crippen LogP contribution in [0.3, 0.4) is 0 Å². The van der Waals surface area contributed by atoms with E-state index in [9.17, 15) is 14.0 Å². The third-order valence-electron chi connectivity index (χ3n) is 7.98. The number of amides is 2. The predicted octanol–water partition coefficient (Wildman–Crippen LogP) is 6.75. The Morgan fingerprint density at radius 2 is 1.72 bits per heavy atom. The van der Waals surface area contributed by atoms with Gasteiger partial charge in [0.2, 0.25) is 5.91 Å². The fraction of sp³-hybridized carbons (Fsp3) is 0.419. The van der Waals surface area contributed by atoms with E-state index in [2.05, 4.69) is 0 Å². The van der Waals surface area contributed by atoms with Gasteiger partial charge in [-0.1, -0.05) is 23.7 Å². The molecule has 2 aliphatic rings. The molecular formula is C31H34ClFN2O4. The number of halogens is 2. The molecule has 39 heavy (non-hydrogen) atoms. The molecule has 206 valence electrons. The van der Waals surface area contributed by atoms with Gasteiger partial charge < -0.3 is 19.0 Å². The zero-order valence-corrected chi connectivity index (χ0v) is 23.0. The standard InChI is InChI=1S/C31H34ClFN2O4/c1-22-19-23(9-10-25(22)32)38-21-31(20-29(36)34-15-5-2-6-16-34)13-17-35(18-14-31)30(37)28-12-11-27(39-28)24-7-3-4-8-26(24)33/h3-4,7-12,19H,2,5-6,13-18,20-21H2,1H3. The molecule has 6 nitrogen and oxygen atoms in total. The molecule has 2 amide bonds. The molecule has 0 spiro atoms. The monoisotopic (exact) mass is 552 g/mol. The number of aryl methyl sites for hydroxylation is 1. The van der Waals surface area contributed by atoms with Crippen LogP contribution in [0.2, 0.25) is 5.02 Å². The van der Waals surface area contributed by atoms with Crippen molar-refractivity contribution < 1.29 is 23.1 Å². The second kappa shape index (κ2) is 11.8. The molecule has 3 aromatic rings. The van der Waals surface area contributed by atoms with Gasteiger partial charge in [-0.2, -0.15) is 0 Å². The van der Waals surface area contributed by atoms with E-state index in [4.69, 9.17) is 20.8 Å². The highest BCUT2D eigenvalue weighted by Gasteiger charge is 2.40. The van der Waals surface area contributed by atoms with Gasteiger partial charge in [0, 0.05) is 43.0 Å². The average Bonchev–Trinajstić information content (AvgIpc) is 3.45. The number of furan rings is 1. The lowest BCUT2D eigenvalue weighted by molar-refractivity contribution is -0.136. The lowest BCUT2D eigenvalue weighted by Gasteiger charge is -2.42. The highest BCUT2D eigenvalue weighted by molar-refractivity contribution is 6.31. The van der Waals surface area contributed by atoms with Crippen molar-refractivity contribution in [3.8, 4) is 17.1 Å². The van der Waals surface area contributed by atoms with E-state index in [-0.39, 0.29) is 23.0 Å². The summed E-state index contributed by atoms with van der Waals surface area (Å²) in [6.45, 7) is 4.88. The smallest absolute Gasteiger partial charge is 0.289 e. The summed E-state index contributed by atoms with van der Waals surface area (Å²) in [6.07, 6.45) is 4.90. The van der Waals surface area contributed by atoms with Crippen LogP contribution in [0, 0.1) is 18.2 Å². The van der Waals surface area contributed by atoms with Crippen LogP contribution in [0.25, 0.3) is 11.3 Å². The number of rotatable bonds is 7. The summed E-state index contributed by atoms with van der Waals surface area (Å²) in [5, 5.41) is 0.681. The van der Waals surface area contributed by atoms with Crippen molar-refractivity contribution in [1.82, 2.24) is 9.80 Å². The molecule has 0 N–H and O–H groups in total. The van der Waals surface area contributed by atoms with E-state index in [0.717, 1.165) is 43.7 Å². The van der Waals surface area contributed by atoms with Crippen LogP contribution in [0.15, 0.2) is 59.0 Å². The molecule has 3 heterocycles. The van der Waals surface area contributed by atoms with Crippen molar-refractivity contribution in [2.24, 2.45) is 5.41 Å². The van der Waals surface area contributed by atoms with Crippen molar-refractivity contribution in [1.29, 1.82) is 0 Å². The number of carbonyl (C=O) groups is 2. The zero-order valence-electron chi connectivity index (χ0n) is 22.3. The summed E-state index contributed by atoms with van der Waals surface area (Å²) in [7, 11) is 0. The molecule has 2 saturated heterocycles. The van der Waals surface area contributed by atoms with Crippen LogP contribution in [0.1, 0.15) is 54.6 Å². The Balaban J connectivity index is 1.28. The molecule has 8 heteroatoms. The molecule has 0 unspecified atom stereocenters. The van der Waals surface area contributed by atoms with Crippen molar-refractivity contribution >= 4 is 23.4 Å².